The summed E-state index contributed by atoms with van der Waals surface area (Å²) in [5.74, 6) is -0.282. The minimum atomic E-state index is -1.74. The molecule has 2 aromatic heterocycles. The average molecular weight is 666 g/mol. The van der Waals surface area contributed by atoms with Gasteiger partial charge in [-0.25, -0.2) is 0 Å². The molecule has 0 saturated heterocycles. The monoisotopic (exact) mass is 669 g/mol. The Morgan fingerprint density at radius 1 is 0.944 bits per heavy atom. The number of allylic oxidation sites excluding steroid dienone is 1. The standard InChI is InChI=1S/C30H25NO2SeSiTe/c1-16-13-23-29(36-16)35(4,5)24-12-8-11-21-25(24)31(23)28-22(30(21,2)3)15-17(34-28)14-20-26(32)18-9-6-7-10-19(18)27(20)33/h6-15H,1-5H3. The van der Waals surface area contributed by atoms with E-state index in [-0.39, 0.29) is 51.9 Å². The van der Waals surface area contributed by atoms with E-state index in [0.29, 0.717) is 16.7 Å². The second kappa shape index (κ2) is 7.44. The van der Waals surface area contributed by atoms with E-state index in [1.807, 2.05) is 18.2 Å². The molecule has 0 radical (unpaired) electrons. The number of para-hydroxylation sites is 1. The predicted molar refractivity (Wildman–Crippen MR) is 152 cm³/mol. The molecule has 0 bridgehead atoms. The third-order valence-corrected chi connectivity index (χ3v) is 20.9. The third-order valence-electron chi connectivity index (χ3n) is 8.05. The quantitative estimate of drug-likeness (QED) is 0.166. The van der Waals surface area contributed by atoms with Crippen molar-refractivity contribution in [3.8, 4) is 0 Å². The van der Waals surface area contributed by atoms with Crippen LogP contribution in [-0.2, 0) is 5.41 Å². The van der Waals surface area contributed by atoms with Gasteiger partial charge in [0, 0.05) is 0 Å². The summed E-state index contributed by atoms with van der Waals surface area (Å²) in [5.41, 5.74) is 6.83. The van der Waals surface area contributed by atoms with Crippen LogP contribution in [0.3, 0.4) is 0 Å². The molecule has 3 aliphatic rings. The number of ketones is 2. The first-order chi connectivity index (χ1) is 17.1. The third kappa shape index (κ3) is 2.86. The first-order valence-electron chi connectivity index (χ1n) is 12.2. The summed E-state index contributed by atoms with van der Waals surface area (Å²) >= 11 is -0.301. The van der Waals surface area contributed by atoms with Crippen molar-refractivity contribution in [2.45, 2.75) is 39.3 Å². The van der Waals surface area contributed by atoms with Gasteiger partial charge in [-0.3, -0.25) is 0 Å². The molecule has 4 heterocycles. The number of carbonyl (C=O) groups is 2. The van der Waals surface area contributed by atoms with Gasteiger partial charge in [-0.05, 0) is 0 Å². The molecule has 3 nitrogen and oxygen atoms in total. The molecule has 6 heteroatoms. The molecule has 0 fully saturated rings. The van der Waals surface area contributed by atoms with Gasteiger partial charge in [0.05, 0.1) is 0 Å². The zero-order chi connectivity index (χ0) is 25.1. The Kier molecular flexibility index (Phi) is 4.74. The molecule has 178 valence electrons. The van der Waals surface area contributed by atoms with Gasteiger partial charge in [0.2, 0.25) is 0 Å². The Labute approximate surface area is 227 Å². The maximum atomic E-state index is 13.1. The molecular formula is C30H25NO2SeSiTe. The molecule has 2 aliphatic heterocycles. The first kappa shape index (κ1) is 23.0. The number of hydrogen-bond donors (Lipinski definition) is 0. The van der Waals surface area contributed by atoms with Crippen molar-refractivity contribution in [1.29, 1.82) is 0 Å². The normalized spacial score (nSPS) is 18.0. The van der Waals surface area contributed by atoms with Crippen LogP contribution in [0.25, 0.3) is 6.08 Å². The minimum absolute atomic E-state index is 0.00574. The molecule has 7 rings (SSSR count). The summed E-state index contributed by atoms with van der Waals surface area (Å²) in [7, 11) is -1.74. The Morgan fingerprint density at radius 2 is 1.64 bits per heavy atom. The Balaban J connectivity index is 1.46. The van der Waals surface area contributed by atoms with E-state index in [2.05, 4.69) is 69.1 Å². The van der Waals surface area contributed by atoms with Gasteiger partial charge in [-0.15, -0.1) is 0 Å². The molecule has 2 aromatic carbocycles. The number of hydrogen-bond acceptors (Lipinski definition) is 3. The number of aryl methyl sites for hydroxylation is 1. The molecule has 36 heavy (non-hydrogen) atoms. The molecule has 0 spiro atoms. The van der Waals surface area contributed by atoms with E-state index in [9.17, 15) is 9.59 Å². The Hall–Kier alpha value is -2.19. The predicted octanol–water partition coefficient (Wildman–Crippen LogP) is 4.82. The number of rotatable bonds is 1. The van der Waals surface area contributed by atoms with E-state index in [1.54, 1.807) is 24.1 Å². The van der Waals surface area contributed by atoms with Crippen LogP contribution >= 0.6 is 0 Å². The maximum absolute atomic E-state index is 13.1. The number of benzene rings is 2. The Morgan fingerprint density at radius 3 is 2.33 bits per heavy atom. The fourth-order valence-corrected chi connectivity index (χ4v) is 17.8. The summed E-state index contributed by atoms with van der Waals surface area (Å²) in [4.78, 5) is 28.8. The van der Waals surface area contributed by atoms with E-state index < -0.39 is 8.07 Å². The van der Waals surface area contributed by atoms with Crippen molar-refractivity contribution < 1.29 is 9.59 Å². The Bertz CT molecular complexity index is 1670. The van der Waals surface area contributed by atoms with Crippen LogP contribution in [0.5, 0.6) is 0 Å². The van der Waals surface area contributed by atoms with Crippen molar-refractivity contribution in [3.63, 3.8) is 0 Å². The topological polar surface area (TPSA) is 37.4 Å². The van der Waals surface area contributed by atoms with Gasteiger partial charge < -0.3 is 0 Å². The van der Waals surface area contributed by atoms with Crippen LogP contribution < -0.4 is 13.3 Å². The van der Waals surface area contributed by atoms with Crippen LogP contribution in [0.4, 0.5) is 15.9 Å². The van der Waals surface area contributed by atoms with Crippen molar-refractivity contribution in [2.24, 2.45) is 0 Å². The summed E-state index contributed by atoms with van der Waals surface area (Å²) in [6.45, 7) is 12.0. The second-order valence-electron chi connectivity index (χ2n) is 11.0. The molecule has 0 saturated carbocycles. The van der Waals surface area contributed by atoms with Gasteiger partial charge in [-0.2, -0.15) is 0 Å². The zero-order valence-corrected chi connectivity index (χ0v) is 25.9. The zero-order valence-electron chi connectivity index (χ0n) is 20.9. The number of nitrogens with zero attached hydrogens (tertiary/aromatic N) is 1. The van der Waals surface area contributed by atoms with Crippen molar-refractivity contribution in [2.75, 3.05) is 4.90 Å². The number of Topliss-reactive ketones (excluding diaryl/α,β-unsaturated/α-hetero) is 2. The van der Waals surface area contributed by atoms with Crippen molar-refractivity contribution in [1.82, 2.24) is 0 Å². The fourth-order valence-electron chi connectivity index (χ4n) is 6.14. The molecule has 0 atom stereocenters. The molecule has 4 aromatic rings. The fraction of sp³-hybridized carbons (Fsp3) is 0.200. The van der Waals surface area contributed by atoms with Gasteiger partial charge in [0.15, 0.2) is 0 Å². The summed E-state index contributed by atoms with van der Waals surface area (Å²) in [6.07, 6.45) is 1.90. The van der Waals surface area contributed by atoms with E-state index >= 15 is 0 Å². The summed E-state index contributed by atoms with van der Waals surface area (Å²) in [5, 5.41) is 1.56. The molecule has 0 unspecified atom stereocenters. The second-order valence-corrected chi connectivity index (χ2v) is 22.2. The first-order valence-corrected chi connectivity index (χ1v) is 19.2. The average Bonchev–Trinajstić information content (AvgIpc) is 3.51. The van der Waals surface area contributed by atoms with Gasteiger partial charge >= 0.3 is 229 Å². The summed E-state index contributed by atoms with van der Waals surface area (Å²) in [6, 6.07) is 18.9. The van der Waals surface area contributed by atoms with Crippen LogP contribution in [-0.4, -0.2) is 54.6 Å². The molecule has 0 amide bonds. The SMILES string of the molecule is Cc1cc2c([te]1)[Si](C)(C)c1cccc3c1N2c1[se]c(C=C2C(=O)c4ccccc4C2=O)cc1C3(C)C. The van der Waals surface area contributed by atoms with Crippen LogP contribution in [0.1, 0.15) is 53.7 Å². The van der Waals surface area contributed by atoms with Gasteiger partial charge in [0.1, 0.15) is 0 Å². The summed E-state index contributed by atoms with van der Waals surface area (Å²) < 4.78 is 5.80. The molecule has 1 aliphatic carbocycles. The molecular weight excluding hydrogens is 641 g/mol. The van der Waals surface area contributed by atoms with Crippen LogP contribution in [0.15, 0.2) is 60.2 Å². The van der Waals surface area contributed by atoms with E-state index in [1.165, 1.54) is 27.1 Å². The van der Waals surface area contributed by atoms with E-state index in [0.717, 1.165) is 4.44 Å². The van der Waals surface area contributed by atoms with Gasteiger partial charge in [0.25, 0.3) is 0 Å². The van der Waals surface area contributed by atoms with Crippen LogP contribution in [0, 0.1) is 6.92 Å². The molecule has 0 N–H and O–H groups in total. The van der Waals surface area contributed by atoms with Crippen LogP contribution in [0.2, 0.25) is 13.1 Å². The van der Waals surface area contributed by atoms with Crippen molar-refractivity contribution >= 4 is 85.0 Å². The van der Waals surface area contributed by atoms with E-state index in [4.69, 9.17) is 0 Å². The van der Waals surface area contributed by atoms with Gasteiger partial charge in [-0.1, -0.05) is 0 Å². The van der Waals surface area contributed by atoms with Crippen molar-refractivity contribution in [3.05, 3.63) is 90.4 Å². The number of carbonyl (C=O) groups excluding carboxylic acids is 2. The number of fused-ring (bicyclic) bond motifs is 5. The number of anilines is 3.